The second-order valence-corrected chi connectivity index (χ2v) is 28.5. The van der Waals surface area contributed by atoms with Crippen molar-refractivity contribution in [3.8, 4) is 0 Å². The van der Waals surface area contributed by atoms with Gasteiger partial charge in [-0.05, 0) is 177 Å². The highest BCUT2D eigenvalue weighted by molar-refractivity contribution is 7.85. The third kappa shape index (κ3) is 25.8. The number of carbonyl (C=O) groups excluding carboxylic acids is 6. The minimum Gasteiger partial charge on any atom is -0.444 e. The minimum atomic E-state index is -3.72. The van der Waals surface area contributed by atoms with Gasteiger partial charge in [0.1, 0.15) is 39.3 Å². The zero-order valence-electron chi connectivity index (χ0n) is 52.8. The van der Waals surface area contributed by atoms with Crippen LogP contribution in [0.15, 0.2) is 0 Å². The van der Waals surface area contributed by atoms with Gasteiger partial charge < -0.3 is 49.7 Å². The fourth-order valence-corrected chi connectivity index (χ4v) is 9.77. The summed E-state index contributed by atoms with van der Waals surface area (Å²) in [4.78, 5) is 90.4. The standard InChI is InChI=1S/C56H108N6O15S/c1-26-34-40(57-41(63)72-47(5,6)7)56(61-45(67)76-51(17,18)19,54(24,29-4)59-43(65)74-49(11,12)13)39(35-32-30-31-33-37-71-78(25,69)70)38-62(46(68)77-52(20,21)22)55(36-27-2,60-44(66)75-50(14,15)16)53(23,28-3)58-42(64)73-48(8,9)10/h39-40H,26-38H2,1-25H3,(H,57,63)(H,58,64)(H,59,65)(H,60,66)(H,61,67). The minimum absolute atomic E-state index is 0.0407. The summed E-state index contributed by atoms with van der Waals surface area (Å²) in [5, 5.41) is 15.7. The lowest BCUT2D eigenvalue weighted by Crippen LogP contribution is -2.82. The molecule has 0 rings (SSSR count). The summed E-state index contributed by atoms with van der Waals surface area (Å²) < 4.78 is 65.1. The SMILES string of the molecule is CCCC(NC(=O)OC(C)(C)C)C(NC(=O)OC(C)(C)C)(C(CCCCCCOS(C)(=O)=O)CN(C(=O)OC(C)(C)C)C(CCC)(NC(=O)OC(C)(C)C)C(C)(CC)NC(=O)OC(C)(C)C)C(C)(CC)NC(=O)OC(C)(C)C. The second kappa shape index (κ2) is 28.8. The van der Waals surface area contributed by atoms with Crippen molar-refractivity contribution in [1.82, 2.24) is 31.5 Å². The molecular weight excluding hydrogens is 1030 g/mol. The zero-order valence-corrected chi connectivity index (χ0v) is 53.6. The number of ether oxygens (including phenoxy) is 6. The average molecular weight is 1140 g/mol. The fourth-order valence-electron chi connectivity index (χ4n) is 9.35. The van der Waals surface area contributed by atoms with Gasteiger partial charge in [-0.3, -0.25) is 14.4 Å². The van der Waals surface area contributed by atoms with E-state index in [-0.39, 0.29) is 45.1 Å². The van der Waals surface area contributed by atoms with Crippen LogP contribution in [0.25, 0.3) is 0 Å². The quantitative estimate of drug-likeness (QED) is 0.0233. The lowest BCUT2D eigenvalue weighted by atomic mass is 9.61. The Morgan fingerprint density at radius 1 is 0.462 bits per heavy atom. The van der Waals surface area contributed by atoms with E-state index in [0.717, 1.165) is 6.26 Å². The Kier molecular flexibility index (Phi) is 27.1. The third-order valence-electron chi connectivity index (χ3n) is 12.5. The summed E-state index contributed by atoms with van der Waals surface area (Å²) in [6.45, 7) is 40.7. The van der Waals surface area contributed by atoms with E-state index in [0.29, 0.717) is 32.1 Å². The Morgan fingerprint density at radius 2 is 0.846 bits per heavy atom. The molecule has 0 aliphatic heterocycles. The van der Waals surface area contributed by atoms with Crippen LogP contribution in [-0.2, 0) is 42.7 Å². The van der Waals surface area contributed by atoms with Gasteiger partial charge in [0.25, 0.3) is 10.1 Å². The summed E-state index contributed by atoms with van der Waals surface area (Å²) >= 11 is 0. The van der Waals surface area contributed by atoms with Crippen LogP contribution in [0.4, 0.5) is 28.8 Å². The molecular formula is C56H108N6O15S. The molecule has 6 amide bonds. The number of unbranched alkanes of at least 4 members (excludes halogenated alkanes) is 3. The Morgan fingerprint density at radius 3 is 1.23 bits per heavy atom. The zero-order chi connectivity index (χ0) is 61.4. The molecule has 0 aliphatic carbocycles. The van der Waals surface area contributed by atoms with E-state index in [4.69, 9.17) is 32.6 Å². The van der Waals surface area contributed by atoms with Crippen molar-refractivity contribution >= 4 is 46.7 Å². The number of nitrogens with zero attached hydrogens (tertiary/aromatic N) is 1. The molecule has 0 aliphatic rings. The molecule has 0 fully saturated rings. The number of amides is 6. The first-order valence-corrected chi connectivity index (χ1v) is 29.7. The van der Waals surface area contributed by atoms with E-state index in [1.807, 2.05) is 13.8 Å². The maximum atomic E-state index is 15.9. The number of alkyl carbamates (subject to hydrolysis) is 5. The van der Waals surface area contributed by atoms with Crippen LogP contribution in [0.1, 0.15) is 237 Å². The van der Waals surface area contributed by atoms with Gasteiger partial charge in [0.05, 0.1) is 35.5 Å². The molecule has 78 heavy (non-hydrogen) atoms. The number of hydrogen-bond donors (Lipinski definition) is 5. The molecule has 0 saturated carbocycles. The Labute approximate surface area is 470 Å². The van der Waals surface area contributed by atoms with E-state index in [2.05, 4.69) is 26.6 Å². The Hall–Kier alpha value is -4.47. The highest BCUT2D eigenvalue weighted by atomic mass is 32.2. The largest absolute Gasteiger partial charge is 0.444 e. The normalized spacial score (nSPS) is 16.7. The van der Waals surface area contributed by atoms with Gasteiger partial charge in [0.15, 0.2) is 0 Å². The smallest absolute Gasteiger partial charge is 0.412 e. The van der Waals surface area contributed by atoms with E-state index >= 15 is 9.59 Å². The van der Waals surface area contributed by atoms with Crippen LogP contribution in [-0.4, -0.2) is 131 Å². The molecule has 6 unspecified atom stereocenters. The maximum Gasteiger partial charge on any atom is 0.412 e. The van der Waals surface area contributed by atoms with Crippen molar-refractivity contribution < 1.29 is 69.8 Å². The Balaban J connectivity index is 9.99. The molecule has 458 valence electrons. The lowest BCUT2D eigenvalue weighted by Gasteiger charge is -2.59. The number of rotatable bonds is 26. The maximum absolute atomic E-state index is 15.9. The molecule has 0 bridgehead atoms. The van der Waals surface area contributed by atoms with E-state index < -0.39 is 121 Å². The molecule has 0 heterocycles. The van der Waals surface area contributed by atoms with Crippen LogP contribution in [0.2, 0.25) is 0 Å². The molecule has 0 radical (unpaired) electrons. The highest BCUT2D eigenvalue weighted by Gasteiger charge is 2.63. The lowest BCUT2D eigenvalue weighted by molar-refractivity contribution is -0.0774. The van der Waals surface area contributed by atoms with Gasteiger partial charge in [0.2, 0.25) is 0 Å². The van der Waals surface area contributed by atoms with Crippen molar-refractivity contribution in [3.05, 3.63) is 0 Å². The van der Waals surface area contributed by atoms with E-state index in [1.165, 1.54) is 4.90 Å². The molecule has 21 nitrogen and oxygen atoms in total. The summed E-state index contributed by atoms with van der Waals surface area (Å²) in [5.41, 5.74) is -13.5. The molecule has 0 spiro atoms. The number of nitrogens with one attached hydrogen (secondary N) is 5. The van der Waals surface area contributed by atoms with Crippen LogP contribution in [0, 0.1) is 5.92 Å². The summed E-state index contributed by atoms with van der Waals surface area (Å²) in [5.74, 6) is -1.12. The Bertz CT molecular complexity index is 2070. The topological polar surface area (TPSA) is 265 Å². The van der Waals surface area contributed by atoms with Crippen LogP contribution < -0.4 is 26.6 Å². The van der Waals surface area contributed by atoms with Crippen molar-refractivity contribution in [2.24, 2.45) is 5.92 Å². The highest BCUT2D eigenvalue weighted by Crippen LogP contribution is 2.45. The van der Waals surface area contributed by atoms with E-state index in [9.17, 15) is 27.6 Å². The first-order chi connectivity index (χ1) is 35.0. The van der Waals surface area contributed by atoms with Gasteiger partial charge in [-0.2, -0.15) is 8.42 Å². The third-order valence-corrected chi connectivity index (χ3v) is 13.1. The predicted octanol–water partition coefficient (Wildman–Crippen LogP) is 12.1. The molecule has 0 aromatic rings. The first-order valence-electron chi connectivity index (χ1n) is 27.9. The monoisotopic (exact) mass is 1140 g/mol. The van der Waals surface area contributed by atoms with Crippen molar-refractivity contribution in [1.29, 1.82) is 0 Å². The van der Waals surface area contributed by atoms with Crippen molar-refractivity contribution in [2.45, 2.75) is 299 Å². The molecule has 0 saturated heterocycles. The molecule has 0 aromatic heterocycles. The average Bonchev–Trinajstić information content (AvgIpc) is 3.18. The predicted molar refractivity (Wildman–Crippen MR) is 304 cm³/mol. The second-order valence-electron chi connectivity index (χ2n) is 26.9. The molecule has 6 atom stereocenters. The van der Waals surface area contributed by atoms with Gasteiger partial charge in [-0.1, -0.05) is 59.8 Å². The van der Waals surface area contributed by atoms with Gasteiger partial charge >= 0.3 is 36.6 Å². The summed E-state index contributed by atoms with van der Waals surface area (Å²) in [6, 6.07) is -1.17. The van der Waals surface area contributed by atoms with Crippen molar-refractivity contribution in [2.75, 3.05) is 19.4 Å². The van der Waals surface area contributed by atoms with Gasteiger partial charge in [0, 0.05) is 12.5 Å². The van der Waals surface area contributed by atoms with Gasteiger partial charge in [-0.25, -0.2) is 28.8 Å². The first kappa shape index (κ1) is 73.5. The molecule has 22 heteroatoms. The van der Waals surface area contributed by atoms with Crippen LogP contribution >= 0.6 is 0 Å². The molecule has 5 N–H and O–H groups in total. The molecule has 0 aromatic carbocycles. The van der Waals surface area contributed by atoms with Crippen LogP contribution in [0.3, 0.4) is 0 Å². The van der Waals surface area contributed by atoms with E-state index in [1.54, 1.807) is 152 Å². The van der Waals surface area contributed by atoms with Crippen LogP contribution in [0.5, 0.6) is 0 Å². The number of carbonyl (C=O) groups is 6. The summed E-state index contributed by atoms with van der Waals surface area (Å²) in [7, 11) is -3.72. The summed E-state index contributed by atoms with van der Waals surface area (Å²) in [6.07, 6.45) is -1.82. The van der Waals surface area contributed by atoms with Gasteiger partial charge in [-0.15, -0.1) is 0 Å². The van der Waals surface area contributed by atoms with Crippen molar-refractivity contribution in [3.63, 3.8) is 0 Å². The number of hydrogen-bond acceptors (Lipinski definition) is 15. The fraction of sp³-hybridized carbons (Fsp3) is 0.893.